The van der Waals surface area contributed by atoms with Crippen LogP contribution < -0.4 is 5.32 Å². The lowest BCUT2D eigenvalue weighted by Crippen LogP contribution is -2.17. The Morgan fingerprint density at radius 3 is 3.06 bits per heavy atom. The normalized spacial score (nSPS) is 29.9. The molecule has 0 bridgehead atoms. The summed E-state index contributed by atoms with van der Waals surface area (Å²) in [4.78, 5) is 11.9. The van der Waals surface area contributed by atoms with E-state index in [1.807, 2.05) is 18.2 Å². The molecule has 0 unspecified atom stereocenters. The van der Waals surface area contributed by atoms with Crippen molar-refractivity contribution in [1.29, 1.82) is 0 Å². The van der Waals surface area contributed by atoms with E-state index in [1.165, 1.54) is 0 Å². The Kier molecular flexibility index (Phi) is 1.28. The highest BCUT2D eigenvalue weighted by Gasteiger charge is 2.74. The molecule has 16 heavy (non-hydrogen) atoms. The number of carbonyl (C=O) groups is 1. The van der Waals surface area contributed by atoms with Crippen molar-refractivity contribution in [2.24, 2.45) is 11.3 Å². The minimum absolute atomic E-state index is 0.0331. The first kappa shape index (κ1) is 8.33. The summed E-state index contributed by atoms with van der Waals surface area (Å²) < 4.78 is 0. The highest BCUT2D eigenvalue weighted by atomic mass is 16.2. The molecule has 4 heteroatoms. The van der Waals surface area contributed by atoms with Gasteiger partial charge in [-0.3, -0.25) is 9.89 Å². The Morgan fingerprint density at radius 1 is 1.50 bits per heavy atom. The van der Waals surface area contributed by atoms with Crippen LogP contribution in [0, 0.1) is 11.3 Å². The topological polar surface area (TPSA) is 57.8 Å². The van der Waals surface area contributed by atoms with Crippen molar-refractivity contribution >= 4 is 22.5 Å². The summed E-state index contributed by atoms with van der Waals surface area (Å²) >= 11 is 0. The Balaban J connectivity index is 1.63. The molecule has 2 saturated carbocycles. The molecule has 2 N–H and O–H groups in total. The van der Waals surface area contributed by atoms with E-state index >= 15 is 0 Å². The maximum atomic E-state index is 11.9. The van der Waals surface area contributed by atoms with Crippen LogP contribution in [0.15, 0.2) is 24.4 Å². The molecule has 4 nitrogen and oxygen atoms in total. The van der Waals surface area contributed by atoms with Crippen LogP contribution >= 0.6 is 0 Å². The molecule has 0 aliphatic heterocycles. The second-order valence-electron chi connectivity index (χ2n) is 4.89. The van der Waals surface area contributed by atoms with Crippen molar-refractivity contribution in [3.05, 3.63) is 24.4 Å². The number of anilines is 1. The maximum Gasteiger partial charge on any atom is 0.230 e. The third-order valence-electron chi connectivity index (χ3n) is 3.83. The van der Waals surface area contributed by atoms with E-state index in [0.717, 1.165) is 29.4 Å². The fourth-order valence-corrected chi connectivity index (χ4v) is 2.35. The van der Waals surface area contributed by atoms with Crippen molar-refractivity contribution < 1.29 is 4.79 Å². The molecule has 1 amide bonds. The van der Waals surface area contributed by atoms with Gasteiger partial charge >= 0.3 is 0 Å². The van der Waals surface area contributed by atoms with Gasteiger partial charge in [-0.15, -0.1) is 0 Å². The average molecular weight is 213 g/mol. The van der Waals surface area contributed by atoms with Crippen molar-refractivity contribution in [2.45, 2.75) is 12.8 Å². The van der Waals surface area contributed by atoms with Crippen LogP contribution in [-0.4, -0.2) is 16.1 Å². The van der Waals surface area contributed by atoms with Crippen molar-refractivity contribution in [3.63, 3.8) is 0 Å². The zero-order chi connectivity index (χ0) is 10.8. The number of H-pyrrole nitrogens is 1. The molecule has 2 aliphatic rings. The van der Waals surface area contributed by atoms with Gasteiger partial charge in [0.1, 0.15) is 0 Å². The molecule has 2 fully saturated rings. The fraction of sp³-hybridized carbons (Fsp3) is 0.333. The van der Waals surface area contributed by atoms with Gasteiger partial charge in [0.25, 0.3) is 0 Å². The van der Waals surface area contributed by atoms with Crippen LogP contribution in [0.5, 0.6) is 0 Å². The zero-order valence-electron chi connectivity index (χ0n) is 8.66. The SMILES string of the molecule is O=C(Nc1ccc2[nH]ncc2c1)C12CC1C2. The number of carbonyl (C=O) groups excluding carboxylic acids is 1. The van der Waals surface area contributed by atoms with E-state index in [4.69, 9.17) is 0 Å². The summed E-state index contributed by atoms with van der Waals surface area (Å²) in [5, 5.41) is 10.9. The predicted molar refractivity (Wildman–Crippen MR) is 59.9 cm³/mol. The van der Waals surface area contributed by atoms with E-state index in [9.17, 15) is 4.79 Å². The summed E-state index contributed by atoms with van der Waals surface area (Å²) in [7, 11) is 0. The first-order valence-corrected chi connectivity index (χ1v) is 5.52. The predicted octanol–water partition coefficient (Wildman–Crippen LogP) is 1.91. The highest BCUT2D eigenvalue weighted by molar-refractivity contribution is 6.01. The van der Waals surface area contributed by atoms with Gasteiger partial charge in [0.15, 0.2) is 0 Å². The minimum Gasteiger partial charge on any atom is -0.326 e. The monoisotopic (exact) mass is 213 g/mol. The highest BCUT2D eigenvalue weighted by Crippen LogP contribution is 2.75. The second kappa shape index (κ2) is 2.45. The smallest absolute Gasteiger partial charge is 0.230 e. The molecule has 0 atom stereocenters. The number of rotatable bonds is 2. The summed E-state index contributed by atoms with van der Waals surface area (Å²) in [6.07, 6.45) is 3.94. The van der Waals surface area contributed by atoms with Gasteiger partial charge in [-0.2, -0.15) is 5.10 Å². The molecule has 80 valence electrons. The number of aromatic amines is 1. The largest absolute Gasteiger partial charge is 0.326 e. The molecule has 0 saturated heterocycles. The van der Waals surface area contributed by atoms with Crippen LogP contribution in [0.1, 0.15) is 12.8 Å². The number of amides is 1. The number of benzene rings is 1. The Morgan fingerprint density at radius 2 is 2.31 bits per heavy atom. The summed E-state index contributed by atoms with van der Waals surface area (Å²) in [5.74, 6) is 0.880. The van der Waals surface area contributed by atoms with E-state index in [1.54, 1.807) is 6.20 Å². The lowest BCUT2D eigenvalue weighted by Gasteiger charge is -2.06. The first-order valence-electron chi connectivity index (χ1n) is 5.52. The Bertz CT molecular complexity index is 595. The molecular formula is C12H11N3O. The zero-order valence-corrected chi connectivity index (χ0v) is 8.66. The molecule has 4 rings (SSSR count). The fourth-order valence-electron chi connectivity index (χ4n) is 2.35. The van der Waals surface area contributed by atoms with Crippen molar-refractivity contribution in [3.8, 4) is 0 Å². The van der Waals surface area contributed by atoms with Gasteiger partial charge in [0, 0.05) is 11.1 Å². The third kappa shape index (κ3) is 0.988. The van der Waals surface area contributed by atoms with Crippen molar-refractivity contribution in [2.75, 3.05) is 5.32 Å². The van der Waals surface area contributed by atoms with E-state index in [-0.39, 0.29) is 11.3 Å². The lowest BCUT2D eigenvalue weighted by molar-refractivity contribution is -0.119. The number of nitrogens with one attached hydrogen (secondary N) is 2. The van der Waals surface area contributed by atoms with Crippen LogP contribution in [0.25, 0.3) is 10.9 Å². The molecular weight excluding hydrogens is 202 g/mol. The summed E-state index contributed by atoms with van der Waals surface area (Å²) in [6, 6.07) is 5.80. The van der Waals surface area contributed by atoms with Crippen LogP contribution in [-0.2, 0) is 4.79 Å². The standard InChI is InChI=1S/C12H11N3O/c16-11(12-4-8(12)5-12)14-9-1-2-10-7(3-9)6-13-15-10/h1-3,6,8H,4-5H2,(H,13,15)(H,14,16). The summed E-state index contributed by atoms with van der Waals surface area (Å²) in [5.41, 5.74) is 1.89. The van der Waals surface area contributed by atoms with Crippen LogP contribution in [0.2, 0.25) is 0 Å². The van der Waals surface area contributed by atoms with Crippen LogP contribution in [0.3, 0.4) is 0 Å². The number of hydrogen-bond acceptors (Lipinski definition) is 2. The maximum absolute atomic E-state index is 11.9. The molecule has 2 aliphatic carbocycles. The Hall–Kier alpha value is -1.84. The lowest BCUT2D eigenvalue weighted by atomic mass is 10.2. The molecule has 0 radical (unpaired) electrons. The van der Waals surface area contributed by atoms with Crippen molar-refractivity contribution in [1.82, 2.24) is 10.2 Å². The van der Waals surface area contributed by atoms with Gasteiger partial charge in [-0.25, -0.2) is 0 Å². The number of fused-ring (bicyclic) bond motifs is 2. The van der Waals surface area contributed by atoms with E-state index < -0.39 is 0 Å². The van der Waals surface area contributed by atoms with Crippen LogP contribution in [0.4, 0.5) is 5.69 Å². The van der Waals surface area contributed by atoms with Gasteiger partial charge in [-0.05, 0) is 37.0 Å². The molecule has 0 spiro atoms. The number of hydrogen-bond donors (Lipinski definition) is 2. The minimum atomic E-state index is 0.0331. The van der Waals surface area contributed by atoms with Gasteiger partial charge < -0.3 is 5.32 Å². The number of nitrogens with zero attached hydrogens (tertiary/aromatic N) is 1. The first-order chi connectivity index (χ1) is 7.78. The van der Waals surface area contributed by atoms with E-state index in [0.29, 0.717) is 5.92 Å². The number of aromatic nitrogens is 2. The average Bonchev–Trinajstić information content (AvgIpc) is 3.06. The van der Waals surface area contributed by atoms with Gasteiger partial charge in [-0.1, -0.05) is 0 Å². The third-order valence-corrected chi connectivity index (χ3v) is 3.83. The van der Waals surface area contributed by atoms with E-state index in [2.05, 4.69) is 15.5 Å². The summed E-state index contributed by atoms with van der Waals surface area (Å²) in [6.45, 7) is 0. The molecule has 1 aromatic heterocycles. The quantitative estimate of drug-likeness (QED) is 0.800. The van der Waals surface area contributed by atoms with Gasteiger partial charge in [0.05, 0.1) is 17.1 Å². The molecule has 1 aromatic carbocycles. The Labute approximate surface area is 92.0 Å². The molecule has 2 aromatic rings. The molecule has 1 heterocycles. The van der Waals surface area contributed by atoms with Gasteiger partial charge in [0.2, 0.25) is 5.91 Å². The second-order valence-corrected chi connectivity index (χ2v) is 4.89.